The van der Waals surface area contributed by atoms with Gasteiger partial charge < -0.3 is 19.8 Å². The zero-order valence-corrected chi connectivity index (χ0v) is 24.9. The van der Waals surface area contributed by atoms with E-state index in [-0.39, 0.29) is 18.2 Å². The second kappa shape index (κ2) is 11.0. The molecule has 0 unspecified atom stereocenters. The smallest absolute Gasteiger partial charge is 0.231 e. The number of benzene rings is 1. The predicted octanol–water partition coefficient (Wildman–Crippen LogP) is 6.80. The highest BCUT2D eigenvalue weighted by atomic mass is 28.4. The molecular weight excluding hydrogens is 490 g/mol. The van der Waals surface area contributed by atoms with Gasteiger partial charge in [-0.3, -0.25) is 4.40 Å². The monoisotopic (exact) mass is 535 g/mol. The van der Waals surface area contributed by atoms with E-state index in [9.17, 15) is 0 Å². The molecule has 1 aromatic carbocycles. The first-order chi connectivity index (χ1) is 18.2. The summed E-state index contributed by atoms with van der Waals surface area (Å²) in [6.45, 7) is 16.0. The molecule has 0 radical (unpaired) electrons. The average Bonchev–Trinajstić information content (AvgIpc) is 3.32. The highest BCUT2D eigenvalue weighted by Gasteiger charge is 2.47. The van der Waals surface area contributed by atoms with Gasteiger partial charge in [-0.1, -0.05) is 65.8 Å². The molecule has 1 aliphatic carbocycles. The van der Waals surface area contributed by atoms with E-state index in [2.05, 4.69) is 85.3 Å². The molecule has 0 amide bonds. The fourth-order valence-electron chi connectivity index (χ4n) is 7.13. The van der Waals surface area contributed by atoms with Crippen molar-refractivity contribution in [2.45, 2.75) is 102 Å². The Kier molecular flexibility index (Phi) is 7.85. The van der Waals surface area contributed by atoms with Crippen LogP contribution < -0.4 is 15.4 Å². The third kappa shape index (κ3) is 4.98. The fraction of sp³-hybridized carbons (Fsp3) is 0.600. The maximum Gasteiger partial charge on any atom is 0.231 e. The minimum atomic E-state index is -1.95. The van der Waals surface area contributed by atoms with Gasteiger partial charge in [0.2, 0.25) is 14.3 Å². The summed E-state index contributed by atoms with van der Waals surface area (Å²) in [7, 11) is -1.95. The minimum Gasteiger partial charge on any atom is -0.484 e. The van der Waals surface area contributed by atoms with Crippen LogP contribution in [0.5, 0.6) is 5.75 Å². The second-order valence-electron chi connectivity index (χ2n) is 12.2. The molecule has 3 aromatic rings. The quantitative estimate of drug-likeness (QED) is 0.320. The standard InChI is InChI=1S/C30H45N5O2Si/c1-20(2)38(21(3)4,22(5)6)37-24-10-9-17-34(18-24)30-33-32-29-16-13-23(19-35(29)30)36-28-15-14-27(31)25-11-7-8-12-26(25)28/h7-8,11-13,16,19-22,24,27-28H,9-10,14-15,17-18,31H2,1-6H3/t24-,27-,28+/m0/s1. The molecule has 7 nitrogen and oxygen atoms in total. The molecular formula is C30H45N5O2Si. The Hall–Kier alpha value is -2.42. The van der Waals surface area contributed by atoms with Crippen molar-refractivity contribution in [1.82, 2.24) is 14.6 Å². The van der Waals surface area contributed by atoms with Crippen LogP contribution in [-0.2, 0) is 4.43 Å². The predicted molar refractivity (Wildman–Crippen MR) is 156 cm³/mol. The first-order valence-corrected chi connectivity index (χ1v) is 16.6. The molecule has 1 fully saturated rings. The number of nitrogens with zero attached hydrogens (tertiary/aromatic N) is 4. The van der Waals surface area contributed by atoms with Gasteiger partial charge in [-0.15, -0.1) is 10.2 Å². The van der Waals surface area contributed by atoms with E-state index < -0.39 is 8.32 Å². The number of piperidine rings is 1. The number of fused-ring (bicyclic) bond motifs is 2. The number of hydrogen-bond acceptors (Lipinski definition) is 6. The van der Waals surface area contributed by atoms with Crippen molar-refractivity contribution in [3.8, 4) is 5.75 Å². The van der Waals surface area contributed by atoms with Gasteiger partial charge in [0.05, 0.1) is 12.3 Å². The summed E-state index contributed by atoms with van der Waals surface area (Å²) < 4.78 is 15.8. The van der Waals surface area contributed by atoms with Gasteiger partial charge in [-0.2, -0.15) is 0 Å². The van der Waals surface area contributed by atoms with Gasteiger partial charge in [0.25, 0.3) is 0 Å². The minimum absolute atomic E-state index is 0.00247. The van der Waals surface area contributed by atoms with E-state index in [0.29, 0.717) is 16.6 Å². The van der Waals surface area contributed by atoms with Crippen LogP contribution in [-0.4, -0.2) is 42.1 Å². The summed E-state index contributed by atoms with van der Waals surface area (Å²) in [6.07, 6.45) is 6.28. The highest BCUT2D eigenvalue weighted by Crippen LogP contribution is 2.44. The molecule has 206 valence electrons. The molecule has 0 bridgehead atoms. The first kappa shape index (κ1) is 27.2. The van der Waals surface area contributed by atoms with Gasteiger partial charge in [-0.05, 0) is 65.6 Å². The van der Waals surface area contributed by atoms with Gasteiger partial charge in [0, 0.05) is 19.1 Å². The highest BCUT2D eigenvalue weighted by molar-refractivity contribution is 6.77. The van der Waals surface area contributed by atoms with Gasteiger partial charge in [0.1, 0.15) is 11.9 Å². The van der Waals surface area contributed by atoms with Crippen LogP contribution in [0.2, 0.25) is 16.6 Å². The molecule has 1 saturated heterocycles. The van der Waals surface area contributed by atoms with Crippen LogP contribution in [0.1, 0.15) is 90.5 Å². The number of rotatable bonds is 8. The van der Waals surface area contributed by atoms with Crippen molar-refractivity contribution >= 4 is 19.9 Å². The van der Waals surface area contributed by atoms with Gasteiger partial charge in [-0.25, -0.2) is 0 Å². The Morgan fingerprint density at radius 2 is 1.61 bits per heavy atom. The van der Waals surface area contributed by atoms with Crippen molar-refractivity contribution in [2.24, 2.45) is 5.73 Å². The molecule has 1 aliphatic heterocycles. The van der Waals surface area contributed by atoms with E-state index in [1.807, 2.05) is 18.3 Å². The van der Waals surface area contributed by atoms with Crippen LogP contribution in [0.15, 0.2) is 42.6 Å². The Labute approximate surface area is 228 Å². The summed E-state index contributed by atoms with van der Waals surface area (Å²) in [5.41, 5.74) is 11.3. The molecule has 38 heavy (non-hydrogen) atoms. The van der Waals surface area contributed by atoms with Crippen molar-refractivity contribution in [3.05, 3.63) is 53.7 Å². The lowest BCUT2D eigenvalue weighted by Gasteiger charge is -2.46. The Morgan fingerprint density at radius 1 is 0.895 bits per heavy atom. The second-order valence-corrected chi connectivity index (χ2v) is 17.6. The van der Waals surface area contributed by atoms with Crippen LogP contribution in [0.25, 0.3) is 5.65 Å². The normalized spacial score (nSPS) is 22.5. The molecule has 2 aliphatic rings. The fourth-order valence-corrected chi connectivity index (χ4v) is 12.7. The number of anilines is 1. The first-order valence-electron chi connectivity index (χ1n) is 14.5. The molecule has 8 heteroatoms. The molecule has 0 saturated carbocycles. The zero-order valence-electron chi connectivity index (χ0n) is 23.9. The number of pyridine rings is 1. The van der Waals surface area contributed by atoms with Crippen LogP contribution in [0.4, 0.5) is 5.95 Å². The van der Waals surface area contributed by atoms with Crippen molar-refractivity contribution in [2.75, 3.05) is 18.0 Å². The number of hydrogen-bond donors (Lipinski definition) is 1. The molecule has 2 N–H and O–H groups in total. The van der Waals surface area contributed by atoms with Gasteiger partial charge in [0.15, 0.2) is 5.65 Å². The Balaban J connectivity index is 1.37. The molecule has 0 spiro atoms. The Bertz CT molecular complexity index is 1220. The summed E-state index contributed by atoms with van der Waals surface area (Å²) >= 11 is 0. The Morgan fingerprint density at radius 3 is 2.32 bits per heavy atom. The third-order valence-corrected chi connectivity index (χ3v) is 15.0. The van der Waals surface area contributed by atoms with Crippen LogP contribution in [0, 0.1) is 0 Å². The molecule has 2 aromatic heterocycles. The lowest BCUT2D eigenvalue weighted by atomic mass is 9.86. The average molecular weight is 536 g/mol. The largest absolute Gasteiger partial charge is 0.484 e. The maximum atomic E-state index is 7.17. The van der Waals surface area contributed by atoms with E-state index in [1.165, 1.54) is 11.1 Å². The summed E-state index contributed by atoms with van der Waals surface area (Å²) in [5, 5.41) is 9.09. The summed E-state index contributed by atoms with van der Waals surface area (Å²) in [6, 6.07) is 12.5. The number of nitrogens with two attached hydrogens (primary N) is 1. The van der Waals surface area contributed by atoms with Crippen molar-refractivity contribution in [3.63, 3.8) is 0 Å². The third-order valence-electron chi connectivity index (χ3n) is 8.86. The number of ether oxygens (including phenoxy) is 1. The summed E-state index contributed by atoms with van der Waals surface area (Å²) in [5.74, 6) is 1.69. The van der Waals surface area contributed by atoms with Crippen LogP contribution >= 0.6 is 0 Å². The topological polar surface area (TPSA) is 77.9 Å². The lowest BCUT2D eigenvalue weighted by Crippen LogP contribution is -2.53. The maximum absolute atomic E-state index is 7.17. The zero-order chi connectivity index (χ0) is 27.0. The van der Waals surface area contributed by atoms with Crippen molar-refractivity contribution in [1.29, 1.82) is 0 Å². The van der Waals surface area contributed by atoms with E-state index in [4.69, 9.17) is 14.9 Å². The van der Waals surface area contributed by atoms with E-state index in [0.717, 1.165) is 56.1 Å². The van der Waals surface area contributed by atoms with Crippen molar-refractivity contribution < 1.29 is 9.16 Å². The molecule has 3 atom stereocenters. The molecule has 3 heterocycles. The van der Waals surface area contributed by atoms with Gasteiger partial charge >= 0.3 is 0 Å². The molecule has 5 rings (SSSR count). The SMILES string of the molecule is CC(C)[Si](O[C@H]1CCCN(c2nnc3ccc(O[C@@H]4CC[C@H](N)c5ccccc54)cn23)C1)(C(C)C)C(C)C. The van der Waals surface area contributed by atoms with E-state index >= 15 is 0 Å². The lowest BCUT2D eigenvalue weighted by molar-refractivity contribution is 0.153. The van der Waals surface area contributed by atoms with E-state index in [1.54, 1.807) is 0 Å². The number of aromatic nitrogens is 3. The summed E-state index contributed by atoms with van der Waals surface area (Å²) in [4.78, 5) is 2.35. The van der Waals surface area contributed by atoms with Crippen LogP contribution in [0.3, 0.4) is 0 Å².